The third-order valence-corrected chi connectivity index (χ3v) is 2.80. The average Bonchev–Trinajstić information content (AvgIpc) is 2.46. The van der Waals surface area contributed by atoms with Crippen LogP contribution >= 0.6 is 0 Å². The number of rotatable bonds is 6. The Hall–Kier alpha value is -2.64. The highest BCUT2D eigenvalue weighted by Gasteiger charge is 2.20. The maximum absolute atomic E-state index is 11.6. The lowest BCUT2D eigenvalue weighted by Gasteiger charge is -2.15. The fourth-order valence-electron chi connectivity index (χ4n) is 1.72. The summed E-state index contributed by atoms with van der Waals surface area (Å²) in [5.74, 6) is -0.677. The molecule has 0 saturated carbocycles. The Labute approximate surface area is 122 Å². The van der Waals surface area contributed by atoms with Crippen molar-refractivity contribution < 1.29 is 14.5 Å². The third-order valence-electron chi connectivity index (χ3n) is 2.80. The van der Waals surface area contributed by atoms with Gasteiger partial charge in [0.1, 0.15) is 11.7 Å². The highest BCUT2D eigenvalue weighted by molar-refractivity contribution is 5.95. The average molecular weight is 294 g/mol. The van der Waals surface area contributed by atoms with E-state index in [1.165, 1.54) is 25.2 Å². The second kappa shape index (κ2) is 7.22. The van der Waals surface area contributed by atoms with E-state index in [1.807, 2.05) is 0 Å². The lowest BCUT2D eigenvalue weighted by Crippen LogP contribution is -2.37. The van der Waals surface area contributed by atoms with Gasteiger partial charge in [-0.2, -0.15) is 0 Å². The van der Waals surface area contributed by atoms with E-state index in [9.17, 15) is 19.7 Å². The van der Waals surface area contributed by atoms with Crippen molar-refractivity contribution in [2.24, 2.45) is 0 Å². The van der Waals surface area contributed by atoms with Crippen molar-refractivity contribution in [2.45, 2.75) is 19.9 Å². The zero-order chi connectivity index (χ0) is 16.0. The molecule has 0 aliphatic rings. The number of anilines is 1. The molecule has 0 aromatic heterocycles. The van der Waals surface area contributed by atoms with E-state index < -0.39 is 16.9 Å². The van der Waals surface area contributed by atoms with Gasteiger partial charge in [-0.25, -0.2) is 0 Å². The van der Waals surface area contributed by atoms with Crippen LogP contribution in [0.15, 0.2) is 18.2 Å². The number of nitrogens with zero attached hydrogens (tertiary/aromatic N) is 1. The first-order valence-electron chi connectivity index (χ1n) is 6.45. The lowest BCUT2D eigenvalue weighted by atomic mass is 10.1. The minimum Gasteiger partial charge on any atom is -0.368 e. The molecule has 0 saturated heterocycles. The summed E-state index contributed by atoms with van der Waals surface area (Å²) in [6, 6.07) is 3.41. The summed E-state index contributed by atoms with van der Waals surface area (Å²) in [7, 11) is 1.44. The number of nitro groups is 1. The first-order valence-corrected chi connectivity index (χ1v) is 6.45. The van der Waals surface area contributed by atoms with Gasteiger partial charge in [-0.15, -0.1) is 0 Å². The Morgan fingerprint density at radius 2 is 2.05 bits per heavy atom. The molecule has 2 amide bonds. The van der Waals surface area contributed by atoms with Gasteiger partial charge in [-0.1, -0.05) is 0 Å². The van der Waals surface area contributed by atoms with Gasteiger partial charge in [0.25, 0.3) is 11.6 Å². The number of likely N-dealkylation sites (N-methyl/N-ethyl adjacent to an activating group) is 1. The molecular formula is C13H18N4O4. The van der Waals surface area contributed by atoms with Crippen LogP contribution < -0.4 is 16.0 Å². The van der Waals surface area contributed by atoms with Gasteiger partial charge in [0.15, 0.2) is 0 Å². The zero-order valence-corrected chi connectivity index (χ0v) is 12.1. The first kappa shape index (κ1) is 16.4. The fourth-order valence-corrected chi connectivity index (χ4v) is 1.72. The highest BCUT2D eigenvalue weighted by Crippen LogP contribution is 2.26. The van der Waals surface area contributed by atoms with Crippen LogP contribution in [0.5, 0.6) is 0 Å². The largest absolute Gasteiger partial charge is 0.368 e. The van der Waals surface area contributed by atoms with E-state index in [-0.39, 0.29) is 22.8 Å². The molecule has 1 unspecified atom stereocenters. The molecule has 0 fully saturated rings. The van der Waals surface area contributed by atoms with Gasteiger partial charge in [0.05, 0.1) is 4.92 Å². The number of carbonyl (C=O) groups is 2. The van der Waals surface area contributed by atoms with Crippen molar-refractivity contribution in [3.63, 3.8) is 0 Å². The number of carbonyl (C=O) groups excluding carboxylic acids is 2. The Balaban J connectivity index is 3.04. The Bertz CT molecular complexity index is 559. The van der Waals surface area contributed by atoms with Crippen LogP contribution in [0.1, 0.15) is 24.2 Å². The smallest absolute Gasteiger partial charge is 0.293 e. The summed E-state index contributed by atoms with van der Waals surface area (Å²) < 4.78 is 0. The molecule has 3 N–H and O–H groups in total. The Morgan fingerprint density at radius 3 is 2.57 bits per heavy atom. The van der Waals surface area contributed by atoms with Gasteiger partial charge in [0.2, 0.25) is 5.91 Å². The molecule has 21 heavy (non-hydrogen) atoms. The van der Waals surface area contributed by atoms with Crippen LogP contribution in [0, 0.1) is 10.1 Å². The SMILES string of the molecule is CCNC(=O)C(C)Nc1ccc(C(=O)NC)cc1[N+](=O)[O-]. The zero-order valence-electron chi connectivity index (χ0n) is 12.1. The molecule has 0 heterocycles. The molecule has 0 spiro atoms. The number of hydrogen-bond acceptors (Lipinski definition) is 5. The minimum atomic E-state index is -0.630. The number of amides is 2. The molecule has 1 atom stereocenters. The second-order valence-corrected chi connectivity index (χ2v) is 4.33. The van der Waals surface area contributed by atoms with Gasteiger partial charge < -0.3 is 16.0 Å². The molecule has 8 heteroatoms. The molecule has 0 aliphatic heterocycles. The monoisotopic (exact) mass is 294 g/mol. The van der Waals surface area contributed by atoms with Crippen LogP contribution in [0.25, 0.3) is 0 Å². The van der Waals surface area contributed by atoms with E-state index in [4.69, 9.17) is 0 Å². The Morgan fingerprint density at radius 1 is 1.38 bits per heavy atom. The van der Waals surface area contributed by atoms with Crippen LogP contribution in [0.3, 0.4) is 0 Å². The predicted octanol–water partition coefficient (Wildman–Crippen LogP) is 0.891. The summed E-state index contributed by atoms with van der Waals surface area (Å²) in [6.45, 7) is 3.86. The molecule has 8 nitrogen and oxygen atoms in total. The molecular weight excluding hydrogens is 276 g/mol. The lowest BCUT2D eigenvalue weighted by molar-refractivity contribution is -0.384. The fraction of sp³-hybridized carbons (Fsp3) is 0.385. The van der Waals surface area contributed by atoms with E-state index in [0.717, 1.165) is 0 Å². The highest BCUT2D eigenvalue weighted by atomic mass is 16.6. The van der Waals surface area contributed by atoms with E-state index in [1.54, 1.807) is 13.8 Å². The van der Waals surface area contributed by atoms with Crippen LogP contribution in [-0.4, -0.2) is 36.4 Å². The molecule has 0 bridgehead atoms. The Kier molecular flexibility index (Phi) is 5.65. The minimum absolute atomic E-state index is 0.181. The first-order chi connectivity index (χ1) is 9.90. The van der Waals surface area contributed by atoms with E-state index >= 15 is 0 Å². The quantitative estimate of drug-likeness (QED) is 0.532. The van der Waals surface area contributed by atoms with Crippen molar-refractivity contribution in [2.75, 3.05) is 18.9 Å². The summed E-state index contributed by atoms with van der Waals surface area (Å²) in [5, 5.41) is 18.9. The normalized spacial score (nSPS) is 11.4. The van der Waals surface area contributed by atoms with Crippen molar-refractivity contribution in [1.29, 1.82) is 0 Å². The third kappa shape index (κ3) is 4.16. The number of nitro benzene ring substituents is 1. The molecule has 1 rings (SSSR count). The molecule has 1 aromatic carbocycles. The van der Waals surface area contributed by atoms with Crippen molar-refractivity contribution in [1.82, 2.24) is 10.6 Å². The van der Waals surface area contributed by atoms with E-state index in [2.05, 4.69) is 16.0 Å². The number of benzene rings is 1. The molecule has 114 valence electrons. The van der Waals surface area contributed by atoms with Crippen LogP contribution in [0.4, 0.5) is 11.4 Å². The number of nitrogens with one attached hydrogen (secondary N) is 3. The van der Waals surface area contributed by atoms with Gasteiger partial charge in [-0.05, 0) is 26.0 Å². The molecule has 1 aromatic rings. The summed E-state index contributed by atoms with van der Waals surface area (Å²) in [4.78, 5) is 33.6. The van der Waals surface area contributed by atoms with Crippen LogP contribution in [-0.2, 0) is 4.79 Å². The summed E-state index contributed by atoms with van der Waals surface area (Å²) in [6.07, 6.45) is 0. The number of hydrogen-bond donors (Lipinski definition) is 3. The maximum atomic E-state index is 11.6. The molecule has 0 aliphatic carbocycles. The standard InChI is InChI=1S/C13H18N4O4/c1-4-15-12(18)8(2)16-10-6-5-9(13(19)14-3)7-11(10)17(20)21/h5-8,16H,4H2,1-3H3,(H,14,19)(H,15,18). The van der Waals surface area contributed by atoms with Gasteiger partial charge in [0, 0.05) is 25.2 Å². The van der Waals surface area contributed by atoms with Crippen molar-refractivity contribution in [3.05, 3.63) is 33.9 Å². The topological polar surface area (TPSA) is 113 Å². The summed E-state index contributed by atoms with van der Waals surface area (Å²) in [5.41, 5.74) is 0.110. The maximum Gasteiger partial charge on any atom is 0.293 e. The van der Waals surface area contributed by atoms with E-state index in [0.29, 0.717) is 6.54 Å². The molecule has 0 radical (unpaired) electrons. The van der Waals surface area contributed by atoms with Crippen molar-refractivity contribution in [3.8, 4) is 0 Å². The van der Waals surface area contributed by atoms with Crippen LogP contribution in [0.2, 0.25) is 0 Å². The van der Waals surface area contributed by atoms with Gasteiger partial charge >= 0.3 is 0 Å². The second-order valence-electron chi connectivity index (χ2n) is 4.33. The predicted molar refractivity (Wildman–Crippen MR) is 78.3 cm³/mol. The van der Waals surface area contributed by atoms with Gasteiger partial charge in [-0.3, -0.25) is 19.7 Å². The summed E-state index contributed by atoms with van der Waals surface area (Å²) >= 11 is 0. The van der Waals surface area contributed by atoms with Crippen molar-refractivity contribution >= 4 is 23.2 Å².